The maximum Gasteiger partial charge on any atom is 0.335 e. The van der Waals surface area contributed by atoms with Gasteiger partial charge in [0.15, 0.2) is 5.82 Å². The van der Waals surface area contributed by atoms with E-state index in [-0.39, 0.29) is 17.2 Å². The van der Waals surface area contributed by atoms with Crippen molar-refractivity contribution in [2.24, 2.45) is 17.8 Å². The van der Waals surface area contributed by atoms with E-state index in [9.17, 15) is 4.79 Å². The van der Waals surface area contributed by atoms with E-state index in [1.54, 1.807) is 6.07 Å². The minimum absolute atomic E-state index is 0.00263. The number of nitrogens with zero attached hydrogens (tertiary/aromatic N) is 4. The van der Waals surface area contributed by atoms with Gasteiger partial charge in [0.05, 0.1) is 5.92 Å². The molecule has 2 bridgehead atoms. The van der Waals surface area contributed by atoms with Gasteiger partial charge in [-0.05, 0) is 54.8 Å². The smallest absolute Gasteiger partial charge is 0.335 e. The molecule has 6 rings (SSSR count). The van der Waals surface area contributed by atoms with E-state index in [1.165, 1.54) is 18.5 Å². The van der Waals surface area contributed by atoms with E-state index in [4.69, 9.17) is 16.4 Å². The van der Waals surface area contributed by atoms with Gasteiger partial charge in [-0.1, -0.05) is 31.0 Å². The fourth-order valence-corrected chi connectivity index (χ4v) is 5.48. The molecule has 3 aliphatic carbocycles. The van der Waals surface area contributed by atoms with Crippen molar-refractivity contribution in [3.8, 4) is 0 Å². The van der Waals surface area contributed by atoms with Crippen molar-refractivity contribution in [2.75, 3.05) is 41.5 Å². The first-order chi connectivity index (χ1) is 15.2. The minimum atomic E-state index is -0.179. The molecule has 1 N–H and O–H groups in total. The standard InChI is InChI=1S/C23H28ClN5O2/c24-23-25-20(27-31-22(30)19-14-16-6-8-17(19)9-7-16)15-21(26-23)29-12-10-28(11-13-29)18-4-2-1-3-5-18/h1-5,15-17,19H,6-14H2,(H,25,26,27). The number of carbonyl (C=O) groups excluding carboxylic acids is 1. The normalized spacial score (nSPS) is 25.4. The summed E-state index contributed by atoms with van der Waals surface area (Å²) in [5, 5.41) is 0.137. The average molecular weight is 442 g/mol. The summed E-state index contributed by atoms with van der Waals surface area (Å²) in [6.07, 6.45) is 5.74. The maximum absolute atomic E-state index is 12.6. The van der Waals surface area contributed by atoms with Crippen molar-refractivity contribution in [3.63, 3.8) is 0 Å². The second kappa shape index (κ2) is 8.91. The predicted molar refractivity (Wildman–Crippen MR) is 121 cm³/mol. The van der Waals surface area contributed by atoms with Crippen molar-refractivity contribution in [2.45, 2.75) is 32.1 Å². The minimum Gasteiger partial charge on any atom is -0.368 e. The van der Waals surface area contributed by atoms with Gasteiger partial charge in [0.2, 0.25) is 5.28 Å². The number of halogens is 1. The number of aromatic nitrogens is 2. The molecule has 1 aliphatic heterocycles. The fourth-order valence-electron chi connectivity index (χ4n) is 5.30. The summed E-state index contributed by atoms with van der Waals surface area (Å²) in [7, 11) is 0. The van der Waals surface area contributed by atoms with Crippen molar-refractivity contribution in [3.05, 3.63) is 41.7 Å². The van der Waals surface area contributed by atoms with Gasteiger partial charge < -0.3 is 14.6 Å². The van der Waals surface area contributed by atoms with E-state index >= 15 is 0 Å². The number of piperazine rings is 1. The van der Waals surface area contributed by atoms with Gasteiger partial charge >= 0.3 is 5.97 Å². The molecule has 2 heterocycles. The molecule has 1 atom stereocenters. The summed E-state index contributed by atoms with van der Waals surface area (Å²) in [6, 6.07) is 12.2. The van der Waals surface area contributed by atoms with E-state index in [0.29, 0.717) is 17.7 Å². The van der Waals surface area contributed by atoms with Gasteiger partial charge in [-0.25, -0.2) is 15.3 Å². The lowest BCUT2D eigenvalue weighted by Crippen LogP contribution is -2.46. The molecule has 4 aliphatic rings. The zero-order valence-electron chi connectivity index (χ0n) is 17.5. The Bertz CT molecular complexity index is 911. The van der Waals surface area contributed by atoms with Crippen LogP contribution in [0.3, 0.4) is 0 Å². The number of nitrogens with one attached hydrogen (secondary N) is 1. The van der Waals surface area contributed by atoms with Gasteiger partial charge in [0.25, 0.3) is 0 Å². The number of anilines is 3. The first kappa shape index (κ1) is 20.4. The van der Waals surface area contributed by atoms with Gasteiger partial charge in [-0.3, -0.25) is 0 Å². The molecule has 0 amide bonds. The second-order valence-electron chi connectivity index (χ2n) is 8.84. The number of carbonyl (C=O) groups is 1. The van der Waals surface area contributed by atoms with E-state index in [2.05, 4.69) is 49.5 Å². The van der Waals surface area contributed by atoms with Crippen LogP contribution in [-0.2, 0) is 9.63 Å². The molecular weight excluding hydrogens is 414 g/mol. The molecule has 4 fully saturated rings. The van der Waals surface area contributed by atoms with Crippen LogP contribution in [-0.4, -0.2) is 42.1 Å². The van der Waals surface area contributed by atoms with E-state index in [1.807, 2.05) is 6.07 Å². The van der Waals surface area contributed by atoms with E-state index < -0.39 is 0 Å². The van der Waals surface area contributed by atoms with Crippen LogP contribution in [0.25, 0.3) is 0 Å². The predicted octanol–water partition coefficient (Wildman–Crippen LogP) is 4.15. The molecule has 1 saturated heterocycles. The molecule has 7 nitrogen and oxygen atoms in total. The summed E-state index contributed by atoms with van der Waals surface area (Å²) in [5.74, 6) is 2.12. The lowest BCUT2D eigenvalue weighted by atomic mass is 9.65. The number of benzene rings is 1. The lowest BCUT2D eigenvalue weighted by molar-refractivity contribution is -0.151. The highest BCUT2D eigenvalue weighted by molar-refractivity contribution is 6.28. The molecular formula is C23H28ClN5O2. The lowest BCUT2D eigenvalue weighted by Gasteiger charge is -2.40. The molecule has 1 unspecified atom stereocenters. The number of rotatable bonds is 5. The van der Waals surface area contributed by atoms with E-state index in [0.717, 1.165) is 51.3 Å². The van der Waals surface area contributed by atoms with Crippen LogP contribution in [0.2, 0.25) is 5.28 Å². The summed E-state index contributed by atoms with van der Waals surface area (Å²) in [6.45, 7) is 3.44. The van der Waals surface area contributed by atoms with Crippen LogP contribution in [0.5, 0.6) is 0 Å². The summed E-state index contributed by atoms with van der Waals surface area (Å²) >= 11 is 6.17. The van der Waals surface area contributed by atoms with Crippen molar-refractivity contribution in [1.29, 1.82) is 0 Å². The molecule has 2 aromatic rings. The first-order valence-corrected chi connectivity index (χ1v) is 11.6. The third-order valence-corrected chi connectivity index (χ3v) is 7.19. The van der Waals surface area contributed by atoms with Crippen molar-refractivity contribution in [1.82, 2.24) is 9.97 Å². The molecule has 1 aromatic carbocycles. The third kappa shape index (κ3) is 4.56. The van der Waals surface area contributed by atoms with Gasteiger partial charge in [-0.15, -0.1) is 0 Å². The fraction of sp³-hybridized carbons (Fsp3) is 0.522. The molecule has 3 saturated carbocycles. The average Bonchev–Trinajstić information content (AvgIpc) is 2.83. The van der Waals surface area contributed by atoms with Crippen molar-refractivity contribution < 1.29 is 9.63 Å². The third-order valence-electron chi connectivity index (χ3n) is 7.02. The number of fused-ring (bicyclic) bond motifs is 3. The van der Waals surface area contributed by atoms with Crippen LogP contribution >= 0.6 is 11.6 Å². The molecule has 0 spiro atoms. The van der Waals surface area contributed by atoms with Crippen LogP contribution < -0.4 is 15.3 Å². The molecule has 1 aromatic heterocycles. The Labute approximate surface area is 187 Å². The summed E-state index contributed by atoms with van der Waals surface area (Å²) in [5.41, 5.74) is 3.96. The van der Waals surface area contributed by atoms with Gasteiger partial charge in [0.1, 0.15) is 5.82 Å². The number of para-hydroxylation sites is 1. The maximum atomic E-state index is 12.6. The SMILES string of the molecule is O=C(ONc1cc(N2CCN(c3ccccc3)CC2)nc(Cl)n1)C1CC2CCC1CC2. The molecule has 164 valence electrons. The Hall–Kier alpha value is -2.54. The molecule has 8 heteroatoms. The highest BCUT2D eigenvalue weighted by Crippen LogP contribution is 2.45. The Morgan fingerprint density at radius 3 is 2.39 bits per heavy atom. The Kier molecular flexibility index (Phi) is 5.85. The zero-order chi connectivity index (χ0) is 21.2. The highest BCUT2D eigenvalue weighted by Gasteiger charge is 2.40. The van der Waals surface area contributed by atoms with Crippen LogP contribution in [0.4, 0.5) is 17.3 Å². The van der Waals surface area contributed by atoms with Gasteiger partial charge in [-0.2, -0.15) is 4.98 Å². The molecule has 0 radical (unpaired) electrons. The van der Waals surface area contributed by atoms with Crippen LogP contribution in [0.1, 0.15) is 32.1 Å². The largest absolute Gasteiger partial charge is 0.368 e. The Morgan fingerprint density at radius 2 is 1.71 bits per heavy atom. The van der Waals surface area contributed by atoms with Crippen LogP contribution in [0.15, 0.2) is 36.4 Å². The second-order valence-corrected chi connectivity index (χ2v) is 9.17. The monoisotopic (exact) mass is 441 g/mol. The number of hydrogen-bond acceptors (Lipinski definition) is 7. The Morgan fingerprint density at radius 1 is 1.00 bits per heavy atom. The zero-order valence-corrected chi connectivity index (χ0v) is 18.3. The van der Waals surface area contributed by atoms with Gasteiger partial charge in [0, 0.05) is 37.9 Å². The summed E-state index contributed by atoms with van der Waals surface area (Å²) < 4.78 is 0. The van der Waals surface area contributed by atoms with Crippen LogP contribution in [0, 0.1) is 17.8 Å². The topological polar surface area (TPSA) is 70.6 Å². The quantitative estimate of drug-likeness (QED) is 0.552. The highest BCUT2D eigenvalue weighted by atomic mass is 35.5. The van der Waals surface area contributed by atoms with Crippen molar-refractivity contribution >= 4 is 34.9 Å². The summed E-state index contributed by atoms with van der Waals surface area (Å²) in [4.78, 5) is 31.2. The first-order valence-electron chi connectivity index (χ1n) is 11.2. The molecule has 31 heavy (non-hydrogen) atoms. The number of hydrogen-bond donors (Lipinski definition) is 1. The Balaban J connectivity index is 1.19.